The molecule has 0 spiro atoms. The Labute approximate surface area is 194 Å². The number of aromatic nitrogens is 2. The number of hydrogen-bond donors (Lipinski definition) is 1. The SMILES string of the molecule is O=C(CCCn1c(=O)c2ccccc2n(Cc2ccc(F)cc2)c1=O)NCc1ccc(F)cc1. The van der Waals surface area contributed by atoms with Crippen molar-refractivity contribution in [1.82, 2.24) is 14.5 Å². The predicted molar refractivity (Wildman–Crippen MR) is 125 cm³/mol. The molecule has 1 N–H and O–H groups in total. The first-order valence-electron chi connectivity index (χ1n) is 10.9. The minimum absolute atomic E-state index is 0.0793. The highest BCUT2D eigenvalue weighted by molar-refractivity contribution is 5.78. The van der Waals surface area contributed by atoms with E-state index in [1.54, 1.807) is 48.5 Å². The Morgan fingerprint density at radius 3 is 2.09 bits per heavy atom. The number of carbonyl (C=O) groups excluding carboxylic acids is 1. The third-order valence-corrected chi connectivity index (χ3v) is 5.57. The summed E-state index contributed by atoms with van der Waals surface area (Å²) in [6.07, 6.45) is 0.414. The Hall–Kier alpha value is -4.07. The molecule has 4 aromatic rings. The van der Waals surface area contributed by atoms with Crippen molar-refractivity contribution < 1.29 is 13.6 Å². The van der Waals surface area contributed by atoms with Gasteiger partial charge in [0.2, 0.25) is 5.91 Å². The van der Waals surface area contributed by atoms with Crippen molar-refractivity contribution in [1.29, 1.82) is 0 Å². The predicted octanol–water partition coefficient (Wildman–Crippen LogP) is 3.59. The molecule has 1 heterocycles. The Kier molecular flexibility index (Phi) is 6.96. The van der Waals surface area contributed by atoms with Gasteiger partial charge < -0.3 is 5.32 Å². The molecule has 0 bridgehead atoms. The first-order valence-corrected chi connectivity index (χ1v) is 10.9. The molecule has 3 aromatic carbocycles. The van der Waals surface area contributed by atoms with E-state index in [2.05, 4.69) is 5.32 Å². The van der Waals surface area contributed by atoms with Gasteiger partial charge in [-0.05, 0) is 53.9 Å². The number of nitrogens with one attached hydrogen (secondary N) is 1. The molecule has 6 nitrogen and oxygen atoms in total. The summed E-state index contributed by atoms with van der Waals surface area (Å²) in [6, 6.07) is 18.5. The van der Waals surface area contributed by atoms with Gasteiger partial charge in [0.25, 0.3) is 5.56 Å². The van der Waals surface area contributed by atoms with Gasteiger partial charge in [-0.1, -0.05) is 36.4 Å². The average Bonchev–Trinajstić information content (AvgIpc) is 2.84. The van der Waals surface area contributed by atoms with Crippen molar-refractivity contribution in [3.63, 3.8) is 0 Å². The lowest BCUT2D eigenvalue weighted by atomic mass is 10.2. The molecule has 0 aliphatic rings. The highest BCUT2D eigenvalue weighted by atomic mass is 19.1. The molecule has 4 rings (SSSR count). The van der Waals surface area contributed by atoms with Crippen molar-refractivity contribution in [2.24, 2.45) is 0 Å². The van der Waals surface area contributed by atoms with Crippen LogP contribution in [0.5, 0.6) is 0 Å². The van der Waals surface area contributed by atoms with Crippen LogP contribution in [0.15, 0.2) is 82.4 Å². The van der Waals surface area contributed by atoms with Gasteiger partial charge in [-0.25, -0.2) is 13.6 Å². The first kappa shape index (κ1) is 23.1. The number of para-hydroxylation sites is 1. The van der Waals surface area contributed by atoms with E-state index in [0.29, 0.717) is 17.3 Å². The third kappa shape index (κ3) is 5.28. The maximum atomic E-state index is 13.3. The second-order valence-electron chi connectivity index (χ2n) is 7.98. The molecule has 174 valence electrons. The highest BCUT2D eigenvalue weighted by Gasteiger charge is 2.14. The summed E-state index contributed by atoms with van der Waals surface area (Å²) in [4.78, 5) is 38.4. The normalized spacial score (nSPS) is 11.0. The van der Waals surface area contributed by atoms with Crippen LogP contribution in [-0.4, -0.2) is 15.0 Å². The fourth-order valence-electron chi connectivity index (χ4n) is 3.78. The first-order chi connectivity index (χ1) is 16.4. The van der Waals surface area contributed by atoms with Crippen LogP contribution in [0.25, 0.3) is 10.9 Å². The summed E-state index contributed by atoms with van der Waals surface area (Å²) < 4.78 is 28.9. The van der Waals surface area contributed by atoms with E-state index in [1.165, 1.54) is 28.8 Å². The summed E-state index contributed by atoms with van der Waals surface area (Å²) in [7, 11) is 0. The molecule has 34 heavy (non-hydrogen) atoms. The van der Waals surface area contributed by atoms with Crippen LogP contribution in [0.3, 0.4) is 0 Å². The van der Waals surface area contributed by atoms with Gasteiger partial charge in [0.15, 0.2) is 0 Å². The molecule has 0 saturated heterocycles. The molecule has 0 aliphatic heterocycles. The van der Waals surface area contributed by atoms with Gasteiger partial charge in [0.1, 0.15) is 11.6 Å². The van der Waals surface area contributed by atoms with Crippen LogP contribution in [-0.2, 0) is 24.4 Å². The summed E-state index contributed by atoms with van der Waals surface area (Å²) >= 11 is 0. The third-order valence-electron chi connectivity index (χ3n) is 5.57. The molecule has 0 atom stereocenters. The standard InChI is InChI=1S/C26H23F2N3O3/c27-20-11-7-18(8-12-20)16-29-24(32)6-3-15-30-25(33)22-4-1-2-5-23(22)31(26(30)34)17-19-9-13-21(28)14-10-19/h1-2,4-5,7-14H,3,6,15-17H2,(H,29,32). The number of hydrogen-bond acceptors (Lipinski definition) is 3. The second kappa shape index (κ2) is 10.2. The fourth-order valence-corrected chi connectivity index (χ4v) is 3.78. The van der Waals surface area contributed by atoms with Crippen molar-refractivity contribution in [2.75, 3.05) is 0 Å². The van der Waals surface area contributed by atoms with Crippen LogP contribution in [0.2, 0.25) is 0 Å². The molecule has 0 fully saturated rings. The molecule has 1 aromatic heterocycles. The Balaban J connectivity index is 1.50. The number of benzene rings is 3. The summed E-state index contributed by atoms with van der Waals surface area (Å²) in [5.74, 6) is -0.950. The topological polar surface area (TPSA) is 73.1 Å². The van der Waals surface area contributed by atoms with E-state index in [4.69, 9.17) is 0 Å². The molecule has 0 saturated carbocycles. The Morgan fingerprint density at radius 1 is 0.794 bits per heavy atom. The average molecular weight is 463 g/mol. The minimum atomic E-state index is -0.486. The molecular weight excluding hydrogens is 440 g/mol. The summed E-state index contributed by atoms with van der Waals surface area (Å²) in [5.41, 5.74) is 1.08. The van der Waals surface area contributed by atoms with Crippen molar-refractivity contribution >= 4 is 16.8 Å². The quantitative estimate of drug-likeness (QED) is 0.434. The fraction of sp³-hybridized carbons (Fsp3) is 0.192. The van der Waals surface area contributed by atoms with Gasteiger partial charge in [-0.2, -0.15) is 0 Å². The van der Waals surface area contributed by atoms with Gasteiger partial charge in [0, 0.05) is 19.5 Å². The smallest absolute Gasteiger partial charge is 0.331 e. The number of amides is 1. The van der Waals surface area contributed by atoms with Crippen molar-refractivity contribution in [2.45, 2.75) is 32.5 Å². The molecular formula is C26H23F2N3O3. The lowest BCUT2D eigenvalue weighted by Gasteiger charge is -2.14. The van der Waals surface area contributed by atoms with Gasteiger partial charge in [-0.15, -0.1) is 0 Å². The maximum absolute atomic E-state index is 13.3. The number of fused-ring (bicyclic) bond motifs is 1. The van der Waals surface area contributed by atoms with E-state index in [-0.39, 0.29) is 43.6 Å². The van der Waals surface area contributed by atoms with Crippen LogP contribution in [0.4, 0.5) is 8.78 Å². The van der Waals surface area contributed by atoms with Gasteiger partial charge >= 0.3 is 5.69 Å². The van der Waals surface area contributed by atoms with Crippen LogP contribution >= 0.6 is 0 Å². The van der Waals surface area contributed by atoms with E-state index < -0.39 is 11.2 Å². The summed E-state index contributed by atoms with van der Waals surface area (Å²) in [6.45, 7) is 0.521. The number of nitrogens with zero attached hydrogens (tertiary/aromatic N) is 2. The molecule has 8 heteroatoms. The minimum Gasteiger partial charge on any atom is -0.352 e. The molecule has 0 unspecified atom stereocenters. The number of rotatable bonds is 8. The molecule has 1 amide bonds. The second-order valence-corrected chi connectivity index (χ2v) is 7.98. The number of halogens is 2. The van der Waals surface area contributed by atoms with E-state index >= 15 is 0 Å². The van der Waals surface area contributed by atoms with Crippen LogP contribution in [0, 0.1) is 11.6 Å². The molecule has 0 radical (unpaired) electrons. The zero-order valence-corrected chi connectivity index (χ0v) is 18.3. The van der Waals surface area contributed by atoms with Crippen molar-refractivity contribution in [3.05, 3.63) is 116 Å². The van der Waals surface area contributed by atoms with Crippen LogP contribution in [0.1, 0.15) is 24.0 Å². The number of carbonyl (C=O) groups is 1. The largest absolute Gasteiger partial charge is 0.352 e. The Morgan fingerprint density at radius 2 is 1.41 bits per heavy atom. The maximum Gasteiger partial charge on any atom is 0.331 e. The van der Waals surface area contributed by atoms with Crippen molar-refractivity contribution in [3.8, 4) is 0 Å². The Bertz CT molecular complexity index is 1430. The van der Waals surface area contributed by atoms with E-state index in [0.717, 1.165) is 15.7 Å². The van der Waals surface area contributed by atoms with E-state index in [1.807, 2.05) is 0 Å². The lowest BCUT2D eigenvalue weighted by Crippen LogP contribution is -2.40. The summed E-state index contributed by atoms with van der Waals surface area (Å²) in [5, 5.41) is 3.14. The van der Waals surface area contributed by atoms with Gasteiger partial charge in [-0.3, -0.25) is 18.7 Å². The highest BCUT2D eigenvalue weighted by Crippen LogP contribution is 2.11. The lowest BCUT2D eigenvalue weighted by molar-refractivity contribution is -0.121. The van der Waals surface area contributed by atoms with E-state index in [9.17, 15) is 23.2 Å². The monoisotopic (exact) mass is 463 g/mol. The van der Waals surface area contributed by atoms with Gasteiger partial charge in [0.05, 0.1) is 17.4 Å². The zero-order valence-electron chi connectivity index (χ0n) is 18.3. The molecule has 0 aliphatic carbocycles. The van der Waals surface area contributed by atoms with Crippen LogP contribution < -0.4 is 16.6 Å². The zero-order chi connectivity index (χ0) is 24.1.